The third-order valence-electron chi connectivity index (χ3n) is 2.97. The third kappa shape index (κ3) is 2.47. The molecule has 2 N–H and O–H groups in total. The van der Waals surface area contributed by atoms with Gasteiger partial charge >= 0.3 is 0 Å². The van der Waals surface area contributed by atoms with Crippen LogP contribution in [0.2, 0.25) is 0 Å². The fourth-order valence-electron chi connectivity index (χ4n) is 1.97. The Balaban J connectivity index is 2.45. The van der Waals surface area contributed by atoms with Gasteiger partial charge in [-0.1, -0.05) is 18.2 Å². The van der Waals surface area contributed by atoms with Gasteiger partial charge < -0.3 is 10.6 Å². The molecule has 0 aliphatic rings. The molecule has 2 rings (SSSR count). The first-order valence-corrected chi connectivity index (χ1v) is 6.16. The number of amides is 1. The molecule has 104 valence electrons. The molecule has 1 amide bonds. The van der Waals surface area contributed by atoms with E-state index in [1.54, 1.807) is 31.2 Å². The van der Waals surface area contributed by atoms with Crippen molar-refractivity contribution in [3.8, 4) is 0 Å². The van der Waals surface area contributed by atoms with Crippen LogP contribution in [-0.4, -0.2) is 12.5 Å². The van der Waals surface area contributed by atoms with Gasteiger partial charge in [0.05, 0.1) is 16.9 Å². The van der Waals surface area contributed by atoms with Gasteiger partial charge in [0.25, 0.3) is 5.91 Å². The molecule has 0 unspecified atom stereocenters. The summed E-state index contributed by atoms with van der Waals surface area (Å²) >= 11 is 0. The van der Waals surface area contributed by atoms with Crippen molar-refractivity contribution >= 4 is 17.3 Å². The van der Waals surface area contributed by atoms with E-state index < -0.39 is 17.5 Å². The molecule has 0 aromatic heterocycles. The van der Waals surface area contributed by atoms with E-state index in [1.807, 2.05) is 0 Å². The smallest absolute Gasteiger partial charge is 0.261 e. The normalized spacial score (nSPS) is 10.3. The molecule has 20 heavy (non-hydrogen) atoms. The lowest BCUT2D eigenvalue weighted by molar-refractivity contribution is 0.0983. The molecule has 0 bridgehead atoms. The summed E-state index contributed by atoms with van der Waals surface area (Å²) in [6, 6.07) is 10.3. The highest BCUT2D eigenvalue weighted by molar-refractivity contribution is 6.07. The number of nitrogens with two attached hydrogens (primary N) is 1. The molecule has 0 saturated heterocycles. The molecule has 3 nitrogen and oxygen atoms in total. The third-order valence-corrected chi connectivity index (χ3v) is 2.97. The van der Waals surface area contributed by atoms with Crippen molar-refractivity contribution < 1.29 is 13.6 Å². The summed E-state index contributed by atoms with van der Waals surface area (Å²) in [5, 5.41) is 0. The largest absolute Gasteiger partial charge is 0.397 e. The molecule has 0 atom stereocenters. The molecule has 0 aliphatic carbocycles. The lowest BCUT2D eigenvalue weighted by Crippen LogP contribution is -2.32. The van der Waals surface area contributed by atoms with Gasteiger partial charge in [-0.25, -0.2) is 8.78 Å². The van der Waals surface area contributed by atoms with E-state index in [9.17, 15) is 13.6 Å². The topological polar surface area (TPSA) is 46.3 Å². The molecule has 0 radical (unpaired) electrons. The lowest BCUT2D eigenvalue weighted by Gasteiger charge is -2.22. The fraction of sp³-hybridized carbons (Fsp3) is 0.133. The number of nitrogens with zero attached hydrogens (tertiary/aromatic N) is 1. The van der Waals surface area contributed by atoms with E-state index in [4.69, 9.17) is 5.73 Å². The van der Waals surface area contributed by atoms with Gasteiger partial charge in [-0.15, -0.1) is 0 Å². The maximum Gasteiger partial charge on any atom is 0.261 e. The van der Waals surface area contributed by atoms with Crippen LogP contribution in [0.15, 0.2) is 42.5 Å². The Morgan fingerprint density at radius 2 is 1.85 bits per heavy atom. The first kappa shape index (κ1) is 14.0. The van der Waals surface area contributed by atoms with E-state index in [-0.39, 0.29) is 5.56 Å². The van der Waals surface area contributed by atoms with Crippen LogP contribution in [-0.2, 0) is 0 Å². The minimum atomic E-state index is -1.15. The second kappa shape index (κ2) is 5.69. The number of nitrogen functional groups attached to an aromatic ring is 1. The predicted octanol–water partition coefficient (Wildman–Crippen LogP) is 3.21. The average molecular weight is 276 g/mol. The minimum absolute atomic E-state index is 0.295. The Labute approximate surface area is 115 Å². The molecule has 2 aromatic carbocycles. The maximum absolute atomic E-state index is 13.7. The van der Waals surface area contributed by atoms with Crippen LogP contribution >= 0.6 is 0 Å². The van der Waals surface area contributed by atoms with Gasteiger partial charge in [0.15, 0.2) is 11.6 Å². The molecule has 5 heteroatoms. The first-order chi connectivity index (χ1) is 9.56. The van der Waals surface area contributed by atoms with Crippen molar-refractivity contribution in [1.82, 2.24) is 0 Å². The number of rotatable bonds is 3. The minimum Gasteiger partial charge on any atom is -0.397 e. The summed E-state index contributed by atoms with van der Waals surface area (Å²) in [5.74, 6) is -2.82. The standard InChI is InChI=1S/C15H14F2N2O/c1-2-19(13-9-4-3-8-12(13)18)15(20)10-6-5-7-11(16)14(10)17/h3-9H,2,18H2,1H3. The van der Waals surface area contributed by atoms with Crippen LogP contribution < -0.4 is 10.6 Å². The van der Waals surface area contributed by atoms with Gasteiger partial charge in [0.1, 0.15) is 0 Å². The van der Waals surface area contributed by atoms with Crippen LogP contribution in [0.3, 0.4) is 0 Å². The summed E-state index contributed by atoms with van der Waals surface area (Å²) in [6.07, 6.45) is 0. The van der Waals surface area contributed by atoms with Crippen molar-refractivity contribution in [2.24, 2.45) is 0 Å². The summed E-state index contributed by atoms with van der Waals surface area (Å²) < 4.78 is 26.9. The van der Waals surface area contributed by atoms with E-state index >= 15 is 0 Å². The number of benzene rings is 2. The average Bonchev–Trinajstić information content (AvgIpc) is 2.44. The van der Waals surface area contributed by atoms with Gasteiger partial charge in [-0.3, -0.25) is 4.79 Å². The number of hydrogen-bond acceptors (Lipinski definition) is 2. The van der Waals surface area contributed by atoms with Crippen LogP contribution in [0.25, 0.3) is 0 Å². The van der Waals surface area contributed by atoms with E-state index in [2.05, 4.69) is 0 Å². The molecule has 2 aromatic rings. The predicted molar refractivity (Wildman–Crippen MR) is 74.6 cm³/mol. The van der Waals surface area contributed by atoms with Crippen molar-refractivity contribution in [3.63, 3.8) is 0 Å². The number of halogens is 2. The monoisotopic (exact) mass is 276 g/mol. The van der Waals surface area contributed by atoms with Gasteiger partial charge in [0, 0.05) is 6.54 Å². The molecule has 0 aliphatic heterocycles. The van der Waals surface area contributed by atoms with E-state index in [1.165, 1.54) is 17.0 Å². The van der Waals surface area contributed by atoms with E-state index in [0.717, 1.165) is 6.07 Å². The second-order valence-electron chi connectivity index (χ2n) is 4.21. The van der Waals surface area contributed by atoms with E-state index in [0.29, 0.717) is 17.9 Å². The van der Waals surface area contributed by atoms with Crippen LogP contribution in [0, 0.1) is 11.6 Å². The molecule has 0 spiro atoms. The number of carbonyl (C=O) groups is 1. The summed E-state index contributed by atoms with van der Waals surface area (Å²) in [5.41, 5.74) is 6.39. The van der Waals surface area contributed by atoms with Gasteiger partial charge in [0.2, 0.25) is 0 Å². The highest BCUT2D eigenvalue weighted by atomic mass is 19.2. The molecule has 0 fully saturated rings. The number of hydrogen-bond donors (Lipinski definition) is 1. The Morgan fingerprint density at radius 1 is 1.15 bits per heavy atom. The molecular weight excluding hydrogens is 262 g/mol. The zero-order chi connectivity index (χ0) is 14.7. The Hall–Kier alpha value is -2.43. The van der Waals surface area contributed by atoms with Crippen molar-refractivity contribution in [2.75, 3.05) is 17.2 Å². The number of anilines is 2. The highest BCUT2D eigenvalue weighted by Gasteiger charge is 2.22. The van der Waals surface area contributed by atoms with Crippen molar-refractivity contribution in [2.45, 2.75) is 6.92 Å². The van der Waals surface area contributed by atoms with Crippen molar-refractivity contribution in [1.29, 1.82) is 0 Å². The zero-order valence-corrected chi connectivity index (χ0v) is 10.9. The highest BCUT2D eigenvalue weighted by Crippen LogP contribution is 2.25. The maximum atomic E-state index is 13.7. The first-order valence-electron chi connectivity index (χ1n) is 6.16. The Morgan fingerprint density at radius 3 is 2.50 bits per heavy atom. The van der Waals surface area contributed by atoms with Crippen LogP contribution in [0.1, 0.15) is 17.3 Å². The van der Waals surface area contributed by atoms with Crippen LogP contribution in [0.4, 0.5) is 20.2 Å². The summed E-state index contributed by atoms with van der Waals surface area (Å²) in [7, 11) is 0. The number of carbonyl (C=O) groups excluding carboxylic acids is 1. The molecule has 0 saturated carbocycles. The molecular formula is C15H14F2N2O. The Kier molecular flexibility index (Phi) is 3.98. The zero-order valence-electron chi connectivity index (χ0n) is 10.9. The van der Waals surface area contributed by atoms with Gasteiger partial charge in [-0.05, 0) is 31.2 Å². The lowest BCUT2D eigenvalue weighted by atomic mass is 10.1. The Bertz CT molecular complexity index is 644. The second-order valence-corrected chi connectivity index (χ2v) is 4.21. The van der Waals surface area contributed by atoms with Gasteiger partial charge in [-0.2, -0.15) is 0 Å². The SMILES string of the molecule is CCN(C(=O)c1cccc(F)c1F)c1ccccc1N. The fourth-order valence-corrected chi connectivity index (χ4v) is 1.97. The van der Waals surface area contributed by atoms with Crippen LogP contribution in [0.5, 0.6) is 0 Å². The quantitative estimate of drug-likeness (QED) is 0.875. The number of para-hydroxylation sites is 2. The summed E-state index contributed by atoms with van der Waals surface area (Å²) in [4.78, 5) is 13.7. The summed E-state index contributed by atoms with van der Waals surface area (Å²) in [6.45, 7) is 2.03. The molecule has 0 heterocycles. The van der Waals surface area contributed by atoms with Crippen molar-refractivity contribution in [3.05, 3.63) is 59.7 Å².